The van der Waals surface area contributed by atoms with Gasteiger partial charge in [-0.05, 0) is 38.8 Å². The van der Waals surface area contributed by atoms with Crippen molar-refractivity contribution in [2.45, 2.75) is 44.8 Å². The Morgan fingerprint density at radius 1 is 1.28 bits per heavy atom. The van der Waals surface area contributed by atoms with E-state index in [1.807, 2.05) is 18.2 Å². The second-order valence-electron chi connectivity index (χ2n) is 5.93. The third-order valence-corrected chi connectivity index (χ3v) is 3.49. The fourth-order valence-electron chi connectivity index (χ4n) is 2.15. The van der Waals surface area contributed by atoms with Gasteiger partial charge in [0.05, 0.1) is 0 Å². The summed E-state index contributed by atoms with van der Waals surface area (Å²) in [7, 11) is 0. The summed E-state index contributed by atoms with van der Waals surface area (Å²) in [5.74, 6) is 0. The van der Waals surface area contributed by atoms with E-state index in [-0.39, 0.29) is 5.54 Å². The number of hydrogen-bond donors (Lipinski definition) is 3. The van der Waals surface area contributed by atoms with Gasteiger partial charge in [-0.2, -0.15) is 0 Å². The molecular weight excluding hydrogens is 246 g/mol. The molecule has 0 aromatic heterocycles. The Balaban J connectivity index is 1.91. The molecule has 0 amide bonds. The highest BCUT2D eigenvalue weighted by atomic mass is 35.5. The first-order chi connectivity index (χ1) is 8.46. The lowest BCUT2D eigenvalue weighted by atomic mass is 10.0. The van der Waals surface area contributed by atoms with Gasteiger partial charge in [-0.25, -0.2) is 5.43 Å². The van der Waals surface area contributed by atoms with E-state index < -0.39 is 0 Å². The summed E-state index contributed by atoms with van der Waals surface area (Å²) in [5, 5.41) is 4.35. The lowest BCUT2D eigenvalue weighted by molar-refractivity contribution is 0.389. The zero-order chi connectivity index (χ0) is 13.2. The molecule has 3 nitrogen and oxygen atoms in total. The Morgan fingerprint density at radius 2 is 2.00 bits per heavy atom. The van der Waals surface area contributed by atoms with Crippen LogP contribution in [-0.4, -0.2) is 18.1 Å². The molecule has 1 fully saturated rings. The summed E-state index contributed by atoms with van der Waals surface area (Å²) < 4.78 is 0. The van der Waals surface area contributed by atoms with Gasteiger partial charge in [-0.15, -0.1) is 0 Å². The summed E-state index contributed by atoms with van der Waals surface area (Å²) in [6.45, 7) is 7.50. The third-order valence-electron chi connectivity index (χ3n) is 3.14. The van der Waals surface area contributed by atoms with E-state index >= 15 is 0 Å². The van der Waals surface area contributed by atoms with Crippen molar-refractivity contribution < 1.29 is 0 Å². The molecule has 2 rings (SSSR count). The van der Waals surface area contributed by atoms with Gasteiger partial charge >= 0.3 is 0 Å². The van der Waals surface area contributed by atoms with Crippen LogP contribution in [0.3, 0.4) is 0 Å². The van der Waals surface area contributed by atoms with Crippen LogP contribution < -0.4 is 16.2 Å². The molecule has 100 valence electrons. The van der Waals surface area contributed by atoms with E-state index in [0.29, 0.717) is 12.1 Å². The average molecular weight is 268 g/mol. The van der Waals surface area contributed by atoms with E-state index in [9.17, 15) is 0 Å². The van der Waals surface area contributed by atoms with Gasteiger partial charge in [-0.1, -0.05) is 29.8 Å². The zero-order valence-corrected chi connectivity index (χ0v) is 12.0. The predicted molar refractivity (Wildman–Crippen MR) is 76.6 cm³/mol. The summed E-state index contributed by atoms with van der Waals surface area (Å²) in [6, 6.07) is 8.76. The molecule has 2 atom stereocenters. The molecule has 1 aromatic carbocycles. The maximum absolute atomic E-state index is 6.22. The average Bonchev–Trinajstić information content (AvgIpc) is 2.75. The minimum atomic E-state index is 0.157. The minimum absolute atomic E-state index is 0.157. The molecule has 0 aliphatic carbocycles. The molecule has 0 radical (unpaired) electrons. The molecule has 1 aliphatic heterocycles. The first-order valence-corrected chi connectivity index (χ1v) is 6.84. The first kappa shape index (κ1) is 13.8. The van der Waals surface area contributed by atoms with Crippen LogP contribution in [-0.2, 0) is 0 Å². The van der Waals surface area contributed by atoms with Crippen molar-refractivity contribution in [1.29, 1.82) is 0 Å². The van der Waals surface area contributed by atoms with Crippen LogP contribution in [0.4, 0.5) is 0 Å². The maximum atomic E-state index is 6.22. The Bertz CT molecular complexity index is 400. The quantitative estimate of drug-likeness (QED) is 0.788. The molecule has 2 unspecified atom stereocenters. The summed E-state index contributed by atoms with van der Waals surface area (Å²) >= 11 is 6.22. The van der Waals surface area contributed by atoms with E-state index in [2.05, 4.69) is 43.0 Å². The van der Waals surface area contributed by atoms with Crippen LogP contribution in [0.5, 0.6) is 0 Å². The lowest BCUT2D eigenvalue weighted by Gasteiger charge is -2.23. The fraction of sp³-hybridized carbons (Fsp3) is 0.571. The molecule has 1 saturated heterocycles. The third kappa shape index (κ3) is 3.69. The van der Waals surface area contributed by atoms with Crippen LogP contribution in [0.25, 0.3) is 0 Å². The Hall–Kier alpha value is -0.610. The van der Waals surface area contributed by atoms with Crippen LogP contribution in [0.1, 0.15) is 38.8 Å². The number of rotatable bonds is 3. The molecule has 18 heavy (non-hydrogen) atoms. The van der Waals surface area contributed by atoms with Crippen LogP contribution in [0, 0.1) is 0 Å². The topological polar surface area (TPSA) is 36.1 Å². The Kier molecular flexibility index (Phi) is 4.28. The van der Waals surface area contributed by atoms with Gasteiger partial charge in [-0.3, -0.25) is 5.43 Å². The molecule has 0 saturated carbocycles. The fourth-order valence-corrected chi connectivity index (χ4v) is 2.41. The lowest BCUT2D eigenvalue weighted by Crippen LogP contribution is -2.45. The van der Waals surface area contributed by atoms with Crippen molar-refractivity contribution >= 4 is 11.6 Å². The summed E-state index contributed by atoms with van der Waals surface area (Å²) in [5.41, 5.74) is 7.99. The van der Waals surface area contributed by atoms with E-state index in [1.54, 1.807) is 0 Å². The molecule has 3 N–H and O–H groups in total. The number of halogens is 1. The van der Waals surface area contributed by atoms with Crippen molar-refractivity contribution in [3.63, 3.8) is 0 Å². The first-order valence-electron chi connectivity index (χ1n) is 6.46. The normalized spacial score (nSPS) is 24.4. The number of nitrogens with one attached hydrogen (secondary N) is 3. The highest BCUT2D eigenvalue weighted by molar-refractivity contribution is 6.31. The second-order valence-corrected chi connectivity index (χ2v) is 6.33. The van der Waals surface area contributed by atoms with Gasteiger partial charge in [0.15, 0.2) is 0 Å². The monoisotopic (exact) mass is 267 g/mol. The van der Waals surface area contributed by atoms with E-state index in [0.717, 1.165) is 18.0 Å². The minimum Gasteiger partial charge on any atom is -0.310 e. The Morgan fingerprint density at radius 3 is 2.67 bits per heavy atom. The maximum Gasteiger partial charge on any atom is 0.0493 e. The SMILES string of the molecule is CC(C)(C)NCC1CC(c2ccccc2Cl)NN1. The number of benzene rings is 1. The highest BCUT2D eigenvalue weighted by Crippen LogP contribution is 2.28. The van der Waals surface area contributed by atoms with E-state index in [1.165, 1.54) is 5.56 Å². The van der Waals surface area contributed by atoms with Crippen LogP contribution in [0.2, 0.25) is 5.02 Å². The number of hydrogen-bond acceptors (Lipinski definition) is 3. The predicted octanol–water partition coefficient (Wildman–Crippen LogP) is 2.64. The van der Waals surface area contributed by atoms with Crippen molar-refractivity contribution in [1.82, 2.24) is 16.2 Å². The molecule has 1 aliphatic rings. The zero-order valence-electron chi connectivity index (χ0n) is 11.3. The molecule has 4 heteroatoms. The Labute approximate surface area is 114 Å². The van der Waals surface area contributed by atoms with Crippen LogP contribution in [0.15, 0.2) is 24.3 Å². The van der Waals surface area contributed by atoms with Gasteiger partial charge in [0.1, 0.15) is 0 Å². The standard InChI is InChI=1S/C14H22ClN3/c1-14(2,3)16-9-10-8-13(18-17-10)11-6-4-5-7-12(11)15/h4-7,10,13,16-18H,8-9H2,1-3H3. The molecule has 0 spiro atoms. The van der Waals surface area contributed by atoms with Crippen LogP contribution >= 0.6 is 11.6 Å². The number of hydrazine groups is 1. The molecule has 0 bridgehead atoms. The van der Waals surface area contributed by atoms with Crippen molar-refractivity contribution in [2.24, 2.45) is 0 Å². The smallest absolute Gasteiger partial charge is 0.0493 e. The molecule has 1 heterocycles. The van der Waals surface area contributed by atoms with Gasteiger partial charge in [0, 0.05) is 29.2 Å². The van der Waals surface area contributed by atoms with Gasteiger partial charge in [0.2, 0.25) is 0 Å². The molecular formula is C14H22ClN3. The van der Waals surface area contributed by atoms with E-state index in [4.69, 9.17) is 11.6 Å². The summed E-state index contributed by atoms with van der Waals surface area (Å²) in [6.07, 6.45) is 1.05. The van der Waals surface area contributed by atoms with Crippen molar-refractivity contribution in [2.75, 3.05) is 6.54 Å². The second kappa shape index (κ2) is 5.57. The van der Waals surface area contributed by atoms with Gasteiger partial charge < -0.3 is 5.32 Å². The van der Waals surface area contributed by atoms with Crippen molar-refractivity contribution in [3.8, 4) is 0 Å². The molecule has 1 aromatic rings. The largest absolute Gasteiger partial charge is 0.310 e. The summed E-state index contributed by atoms with van der Waals surface area (Å²) in [4.78, 5) is 0. The van der Waals surface area contributed by atoms with Crippen molar-refractivity contribution in [3.05, 3.63) is 34.9 Å². The highest BCUT2D eigenvalue weighted by Gasteiger charge is 2.26. The van der Waals surface area contributed by atoms with Gasteiger partial charge in [0.25, 0.3) is 0 Å².